The smallest absolute Gasteiger partial charge is 0.231 e. The molecule has 3 aromatic heterocycles. The zero-order chi connectivity index (χ0) is 22.2. The number of hydrogen-bond donors (Lipinski definition) is 2. The van der Waals surface area contributed by atoms with Crippen molar-refractivity contribution in [3.8, 4) is 0 Å². The molecular formula is C21H18N8S3. The van der Waals surface area contributed by atoms with Gasteiger partial charge in [-0.1, -0.05) is 30.3 Å². The van der Waals surface area contributed by atoms with Gasteiger partial charge in [0.2, 0.25) is 5.95 Å². The monoisotopic (exact) mass is 478 g/mol. The number of hydrogen-bond acceptors (Lipinski definition) is 9. The Labute approximate surface area is 199 Å². The summed E-state index contributed by atoms with van der Waals surface area (Å²) in [6.45, 7) is 2.04. The normalized spacial score (nSPS) is 11.5. The zero-order valence-corrected chi connectivity index (χ0v) is 19.4. The van der Waals surface area contributed by atoms with Crippen LogP contribution in [0.3, 0.4) is 0 Å². The minimum absolute atomic E-state index is 0.0260. The molecule has 32 heavy (non-hydrogen) atoms. The van der Waals surface area contributed by atoms with E-state index in [9.17, 15) is 0 Å². The largest absolute Gasteiger partial charge is 0.356 e. The van der Waals surface area contributed by atoms with E-state index in [1.54, 1.807) is 36.9 Å². The van der Waals surface area contributed by atoms with Gasteiger partial charge in [-0.25, -0.2) is 29.9 Å². The van der Waals surface area contributed by atoms with Gasteiger partial charge in [0.1, 0.15) is 10.1 Å². The molecule has 0 aliphatic rings. The summed E-state index contributed by atoms with van der Waals surface area (Å²) in [4.78, 5) is 26.1. The molecule has 4 rings (SSSR count). The molecular weight excluding hydrogens is 460 g/mol. The summed E-state index contributed by atoms with van der Waals surface area (Å²) in [7, 11) is 0. The zero-order valence-electron chi connectivity index (χ0n) is 16.9. The minimum atomic E-state index is 0.0260. The van der Waals surface area contributed by atoms with Crippen LogP contribution in [0.25, 0.3) is 0 Å². The second kappa shape index (κ2) is 10.9. The Morgan fingerprint density at radius 2 is 1.34 bits per heavy atom. The molecule has 0 bridgehead atoms. The summed E-state index contributed by atoms with van der Waals surface area (Å²) in [6.07, 6.45) is 6.75. The summed E-state index contributed by atoms with van der Waals surface area (Å²) < 4.78 is 0. The van der Waals surface area contributed by atoms with Crippen molar-refractivity contribution in [1.82, 2.24) is 35.2 Å². The van der Waals surface area contributed by atoms with Crippen molar-refractivity contribution < 1.29 is 0 Å². The first kappa shape index (κ1) is 22.1. The number of benzene rings is 1. The second-order valence-electron chi connectivity index (χ2n) is 6.37. The van der Waals surface area contributed by atoms with Crippen LogP contribution >= 0.6 is 35.7 Å². The van der Waals surface area contributed by atoms with Crippen LogP contribution in [-0.2, 0) is 0 Å². The van der Waals surface area contributed by atoms with E-state index in [1.807, 2.05) is 43.3 Å². The van der Waals surface area contributed by atoms with Gasteiger partial charge in [0.05, 0.1) is 6.04 Å². The molecule has 11 heteroatoms. The minimum Gasteiger partial charge on any atom is -0.356 e. The molecule has 0 aliphatic carbocycles. The molecule has 0 unspecified atom stereocenters. The van der Waals surface area contributed by atoms with E-state index < -0.39 is 0 Å². The highest BCUT2D eigenvalue weighted by atomic mass is 32.2. The van der Waals surface area contributed by atoms with Gasteiger partial charge in [0.25, 0.3) is 0 Å². The highest BCUT2D eigenvalue weighted by Crippen LogP contribution is 2.29. The van der Waals surface area contributed by atoms with Crippen LogP contribution < -0.4 is 10.6 Å². The third kappa shape index (κ3) is 6.42. The Morgan fingerprint density at radius 1 is 0.812 bits per heavy atom. The third-order valence-electron chi connectivity index (χ3n) is 4.03. The maximum absolute atomic E-state index is 5.49. The fraction of sp³-hybridized carbons (Fsp3) is 0.0952. The lowest BCUT2D eigenvalue weighted by Crippen LogP contribution is -2.31. The van der Waals surface area contributed by atoms with Crippen molar-refractivity contribution in [3.05, 3.63) is 78.9 Å². The number of thiocarbonyl (C=S) groups is 1. The Bertz CT molecular complexity index is 1100. The molecule has 160 valence electrons. The lowest BCUT2D eigenvalue weighted by molar-refractivity contribution is 0.722. The van der Waals surface area contributed by atoms with E-state index in [4.69, 9.17) is 12.2 Å². The Morgan fingerprint density at radius 3 is 1.88 bits per heavy atom. The van der Waals surface area contributed by atoms with Crippen molar-refractivity contribution in [2.24, 2.45) is 0 Å². The SMILES string of the molecule is C[C@@H](NC(=S)Nc1nc(Sc2ncccn2)cc(Sc2ncccn2)n1)c1ccccc1. The maximum Gasteiger partial charge on any atom is 0.231 e. The van der Waals surface area contributed by atoms with Gasteiger partial charge in [-0.05, 0) is 60.4 Å². The predicted molar refractivity (Wildman–Crippen MR) is 129 cm³/mol. The van der Waals surface area contributed by atoms with Gasteiger partial charge in [-0.3, -0.25) is 0 Å². The van der Waals surface area contributed by atoms with Crippen LogP contribution in [0.2, 0.25) is 0 Å². The molecule has 0 radical (unpaired) electrons. The van der Waals surface area contributed by atoms with Crippen LogP contribution in [0.4, 0.5) is 5.95 Å². The van der Waals surface area contributed by atoms with E-state index in [1.165, 1.54) is 23.5 Å². The summed E-state index contributed by atoms with van der Waals surface area (Å²) >= 11 is 8.16. The summed E-state index contributed by atoms with van der Waals surface area (Å²) in [5, 5.41) is 9.28. The molecule has 0 saturated carbocycles. The van der Waals surface area contributed by atoms with Gasteiger partial charge >= 0.3 is 0 Å². The molecule has 1 atom stereocenters. The second-order valence-corrected chi connectivity index (χ2v) is 8.75. The number of nitrogens with one attached hydrogen (secondary N) is 2. The van der Waals surface area contributed by atoms with E-state index in [0.717, 1.165) is 5.56 Å². The first-order valence-electron chi connectivity index (χ1n) is 9.57. The van der Waals surface area contributed by atoms with Gasteiger partial charge in [0, 0.05) is 30.9 Å². The lowest BCUT2D eigenvalue weighted by atomic mass is 10.1. The molecule has 4 aromatic rings. The van der Waals surface area contributed by atoms with Crippen molar-refractivity contribution in [3.63, 3.8) is 0 Å². The van der Waals surface area contributed by atoms with E-state index in [2.05, 4.69) is 40.5 Å². The van der Waals surface area contributed by atoms with Crippen molar-refractivity contribution in [2.45, 2.75) is 33.3 Å². The van der Waals surface area contributed by atoms with Gasteiger partial charge in [-0.15, -0.1) is 0 Å². The van der Waals surface area contributed by atoms with Gasteiger partial charge < -0.3 is 10.6 Å². The molecule has 0 fully saturated rings. The summed E-state index contributed by atoms with van der Waals surface area (Å²) in [6, 6.07) is 15.5. The molecule has 3 heterocycles. The van der Waals surface area contributed by atoms with Crippen LogP contribution in [0.15, 0.2) is 93.7 Å². The van der Waals surface area contributed by atoms with Gasteiger partial charge in [0.15, 0.2) is 15.4 Å². The Hall–Kier alpha value is -3.15. The first-order valence-corrected chi connectivity index (χ1v) is 11.6. The number of nitrogens with zero attached hydrogens (tertiary/aromatic N) is 6. The Balaban J connectivity index is 1.53. The van der Waals surface area contributed by atoms with Crippen molar-refractivity contribution >= 4 is 46.8 Å². The molecule has 0 amide bonds. The number of anilines is 1. The summed E-state index contributed by atoms with van der Waals surface area (Å²) in [5.41, 5.74) is 1.13. The predicted octanol–water partition coefficient (Wildman–Crippen LogP) is 4.41. The molecule has 0 spiro atoms. The standard InChI is InChI=1S/C21H18N8S3/c1-14(15-7-3-2-4-8-15)26-19(30)29-18-27-16(31-20-22-9-5-10-23-20)13-17(28-18)32-21-24-11-6-12-25-21/h2-14H,1H3,(H2,26,27,28,29,30)/t14-/m1/s1. The van der Waals surface area contributed by atoms with Crippen molar-refractivity contribution in [2.75, 3.05) is 5.32 Å². The fourth-order valence-electron chi connectivity index (χ4n) is 2.59. The Kier molecular flexibility index (Phi) is 7.54. The van der Waals surface area contributed by atoms with E-state index >= 15 is 0 Å². The average molecular weight is 479 g/mol. The molecule has 0 saturated heterocycles. The third-order valence-corrected chi connectivity index (χ3v) is 5.87. The van der Waals surface area contributed by atoms with Crippen LogP contribution in [0, 0.1) is 0 Å². The number of rotatable bonds is 7. The molecule has 1 aromatic carbocycles. The molecule has 8 nitrogen and oxygen atoms in total. The molecule has 0 aliphatic heterocycles. The first-order chi connectivity index (χ1) is 15.7. The average Bonchev–Trinajstić information content (AvgIpc) is 2.81. The van der Waals surface area contributed by atoms with E-state index in [0.29, 0.717) is 31.4 Å². The maximum atomic E-state index is 5.49. The quantitative estimate of drug-likeness (QED) is 0.224. The summed E-state index contributed by atoms with van der Waals surface area (Å²) in [5.74, 6) is 0.363. The highest BCUT2D eigenvalue weighted by molar-refractivity contribution is 7.99. The van der Waals surface area contributed by atoms with Crippen LogP contribution in [0.5, 0.6) is 0 Å². The van der Waals surface area contributed by atoms with Crippen LogP contribution in [0.1, 0.15) is 18.5 Å². The van der Waals surface area contributed by atoms with Crippen LogP contribution in [-0.4, -0.2) is 35.0 Å². The fourth-order valence-corrected chi connectivity index (χ4v) is 4.36. The van der Waals surface area contributed by atoms with Crippen molar-refractivity contribution in [1.29, 1.82) is 0 Å². The van der Waals surface area contributed by atoms with Gasteiger partial charge in [-0.2, -0.15) is 0 Å². The van der Waals surface area contributed by atoms with E-state index in [-0.39, 0.29) is 6.04 Å². The molecule has 2 N–H and O–H groups in total. The topological polar surface area (TPSA) is 101 Å². The lowest BCUT2D eigenvalue weighted by Gasteiger charge is -2.17. The number of aromatic nitrogens is 6. The highest BCUT2D eigenvalue weighted by Gasteiger charge is 2.13.